The van der Waals surface area contributed by atoms with Crippen molar-refractivity contribution in [1.82, 2.24) is 4.72 Å². The van der Waals surface area contributed by atoms with Crippen molar-refractivity contribution in [1.29, 1.82) is 0 Å². The minimum Gasteiger partial charge on any atom is -0.497 e. The standard InChI is InChI=1S/C16H18N2O5S/c1-22-12-8-9-14(15(10-12)23-2)18-16(19)11-17-24(20,21)13-6-4-3-5-7-13/h3-10,17H,11H2,1-2H3,(H,18,19). The first-order valence-electron chi connectivity index (χ1n) is 7.03. The van der Waals surface area contributed by atoms with E-state index in [1.165, 1.54) is 26.4 Å². The Bertz CT molecular complexity index is 806. The second kappa shape index (κ2) is 7.80. The van der Waals surface area contributed by atoms with Gasteiger partial charge in [0, 0.05) is 6.07 Å². The highest BCUT2D eigenvalue weighted by Crippen LogP contribution is 2.28. The summed E-state index contributed by atoms with van der Waals surface area (Å²) in [7, 11) is -0.756. The number of hydrogen-bond donors (Lipinski definition) is 2. The average molecular weight is 350 g/mol. The van der Waals surface area contributed by atoms with E-state index in [-0.39, 0.29) is 4.90 Å². The number of hydrogen-bond acceptors (Lipinski definition) is 5. The molecular weight excluding hydrogens is 332 g/mol. The van der Waals surface area contributed by atoms with Gasteiger partial charge < -0.3 is 14.8 Å². The first kappa shape index (κ1) is 17.8. The summed E-state index contributed by atoms with van der Waals surface area (Å²) < 4.78 is 36.6. The minimum absolute atomic E-state index is 0.0971. The fourth-order valence-electron chi connectivity index (χ4n) is 1.94. The number of ether oxygens (including phenoxy) is 2. The zero-order valence-electron chi connectivity index (χ0n) is 13.3. The Hall–Kier alpha value is -2.58. The zero-order chi connectivity index (χ0) is 17.6. The van der Waals surface area contributed by atoms with E-state index in [0.29, 0.717) is 17.2 Å². The van der Waals surface area contributed by atoms with E-state index in [4.69, 9.17) is 9.47 Å². The Morgan fingerprint density at radius 1 is 1.04 bits per heavy atom. The molecule has 0 aliphatic carbocycles. The molecule has 0 radical (unpaired) electrons. The van der Waals surface area contributed by atoms with Crippen LogP contribution in [0, 0.1) is 0 Å². The van der Waals surface area contributed by atoms with Crippen molar-refractivity contribution in [2.75, 3.05) is 26.1 Å². The highest BCUT2D eigenvalue weighted by atomic mass is 32.2. The van der Waals surface area contributed by atoms with E-state index in [9.17, 15) is 13.2 Å². The molecule has 7 nitrogen and oxygen atoms in total. The summed E-state index contributed by atoms with van der Waals surface area (Å²) in [5.74, 6) is 0.473. The molecule has 2 aromatic carbocycles. The predicted octanol–water partition coefficient (Wildman–Crippen LogP) is 1.62. The first-order chi connectivity index (χ1) is 11.5. The second-order valence-electron chi connectivity index (χ2n) is 4.75. The maximum absolute atomic E-state index is 12.1. The Morgan fingerprint density at radius 2 is 1.75 bits per heavy atom. The number of carbonyl (C=O) groups excluding carboxylic acids is 1. The minimum atomic E-state index is -3.74. The molecule has 0 atom stereocenters. The van der Waals surface area contributed by atoms with Crippen molar-refractivity contribution in [3.8, 4) is 11.5 Å². The van der Waals surface area contributed by atoms with Crippen molar-refractivity contribution >= 4 is 21.6 Å². The fraction of sp³-hybridized carbons (Fsp3) is 0.188. The van der Waals surface area contributed by atoms with Gasteiger partial charge in [-0.05, 0) is 24.3 Å². The highest BCUT2D eigenvalue weighted by Gasteiger charge is 2.16. The van der Waals surface area contributed by atoms with Gasteiger partial charge in [-0.25, -0.2) is 13.1 Å². The number of amides is 1. The molecule has 0 spiro atoms. The van der Waals surface area contributed by atoms with Crippen LogP contribution in [-0.2, 0) is 14.8 Å². The molecule has 2 N–H and O–H groups in total. The summed E-state index contributed by atoms with van der Waals surface area (Å²) in [6, 6.07) is 12.7. The van der Waals surface area contributed by atoms with Crippen LogP contribution in [0.1, 0.15) is 0 Å². The Balaban J connectivity index is 2.01. The third kappa shape index (κ3) is 4.46. The lowest BCUT2D eigenvalue weighted by molar-refractivity contribution is -0.115. The number of rotatable bonds is 7. The van der Waals surface area contributed by atoms with Crippen molar-refractivity contribution in [2.24, 2.45) is 0 Å². The molecule has 2 rings (SSSR count). The Kier molecular flexibility index (Phi) is 5.78. The molecule has 0 unspecified atom stereocenters. The van der Waals surface area contributed by atoms with Gasteiger partial charge in [0.25, 0.3) is 0 Å². The van der Waals surface area contributed by atoms with Crippen LogP contribution < -0.4 is 19.5 Å². The largest absolute Gasteiger partial charge is 0.497 e. The van der Waals surface area contributed by atoms with Crippen molar-refractivity contribution < 1.29 is 22.7 Å². The van der Waals surface area contributed by atoms with Crippen LogP contribution in [0.15, 0.2) is 53.4 Å². The quantitative estimate of drug-likeness (QED) is 0.791. The van der Waals surface area contributed by atoms with Gasteiger partial charge in [-0.1, -0.05) is 18.2 Å². The molecule has 0 saturated carbocycles. The van der Waals surface area contributed by atoms with Gasteiger partial charge in [-0.15, -0.1) is 0 Å². The first-order valence-corrected chi connectivity index (χ1v) is 8.51. The summed E-state index contributed by atoms with van der Waals surface area (Å²) >= 11 is 0. The number of benzene rings is 2. The van der Waals surface area contributed by atoms with Crippen LogP contribution in [-0.4, -0.2) is 35.1 Å². The van der Waals surface area contributed by atoms with E-state index in [0.717, 1.165) is 0 Å². The fourth-order valence-corrected chi connectivity index (χ4v) is 2.94. The SMILES string of the molecule is COc1ccc(NC(=O)CNS(=O)(=O)c2ccccc2)c(OC)c1. The van der Waals surface area contributed by atoms with E-state index >= 15 is 0 Å². The molecule has 128 valence electrons. The number of carbonyl (C=O) groups is 1. The summed E-state index contributed by atoms with van der Waals surface area (Å²) in [5.41, 5.74) is 0.419. The third-order valence-corrected chi connectivity index (χ3v) is 4.58. The number of methoxy groups -OCH3 is 2. The van der Waals surface area contributed by atoms with Gasteiger partial charge in [0.2, 0.25) is 15.9 Å². The molecule has 0 aliphatic heterocycles. The van der Waals surface area contributed by atoms with Crippen LogP contribution in [0.2, 0.25) is 0 Å². The zero-order valence-corrected chi connectivity index (χ0v) is 14.1. The van der Waals surface area contributed by atoms with Gasteiger partial charge in [0.1, 0.15) is 11.5 Å². The molecular formula is C16H18N2O5S. The summed E-state index contributed by atoms with van der Waals surface area (Å²) in [6.07, 6.45) is 0. The van der Waals surface area contributed by atoms with Crippen LogP contribution in [0.4, 0.5) is 5.69 Å². The molecule has 2 aromatic rings. The van der Waals surface area contributed by atoms with E-state index < -0.39 is 22.5 Å². The Labute approximate surface area is 140 Å². The van der Waals surface area contributed by atoms with E-state index in [1.807, 2.05) is 0 Å². The van der Waals surface area contributed by atoms with Crippen LogP contribution in [0.3, 0.4) is 0 Å². The number of sulfonamides is 1. The molecule has 1 amide bonds. The van der Waals surface area contributed by atoms with Crippen LogP contribution in [0.25, 0.3) is 0 Å². The Morgan fingerprint density at radius 3 is 2.38 bits per heavy atom. The predicted molar refractivity (Wildman–Crippen MR) is 89.8 cm³/mol. The lowest BCUT2D eigenvalue weighted by Gasteiger charge is -2.12. The summed E-state index contributed by atoms with van der Waals surface area (Å²) in [6.45, 7) is -0.396. The maximum Gasteiger partial charge on any atom is 0.241 e. The lowest BCUT2D eigenvalue weighted by Crippen LogP contribution is -2.32. The molecule has 0 bridgehead atoms. The molecule has 24 heavy (non-hydrogen) atoms. The van der Waals surface area contributed by atoms with Gasteiger partial charge in [-0.2, -0.15) is 0 Å². The molecule has 0 aromatic heterocycles. The maximum atomic E-state index is 12.1. The van der Waals surface area contributed by atoms with Crippen molar-refractivity contribution in [3.05, 3.63) is 48.5 Å². The van der Waals surface area contributed by atoms with Gasteiger partial charge in [0.05, 0.1) is 31.3 Å². The molecule has 0 fully saturated rings. The van der Waals surface area contributed by atoms with Crippen LogP contribution >= 0.6 is 0 Å². The van der Waals surface area contributed by atoms with Gasteiger partial charge >= 0.3 is 0 Å². The third-order valence-electron chi connectivity index (χ3n) is 3.16. The van der Waals surface area contributed by atoms with Crippen molar-refractivity contribution in [3.63, 3.8) is 0 Å². The molecule has 0 aliphatic rings. The average Bonchev–Trinajstić information content (AvgIpc) is 2.61. The topological polar surface area (TPSA) is 93.7 Å². The second-order valence-corrected chi connectivity index (χ2v) is 6.52. The molecule has 8 heteroatoms. The summed E-state index contributed by atoms with van der Waals surface area (Å²) in [4.78, 5) is 12.1. The van der Waals surface area contributed by atoms with E-state index in [1.54, 1.807) is 36.4 Å². The van der Waals surface area contributed by atoms with Crippen LogP contribution in [0.5, 0.6) is 11.5 Å². The van der Waals surface area contributed by atoms with E-state index in [2.05, 4.69) is 10.0 Å². The monoisotopic (exact) mass is 350 g/mol. The summed E-state index contributed by atoms with van der Waals surface area (Å²) in [5, 5.41) is 2.59. The normalized spacial score (nSPS) is 10.9. The van der Waals surface area contributed by atoms with Gasteiger partial charge in [0.15, 0.2) is 0 Å². The molecule has 0 saturated heterocycles. The molecule has 0 heterocycles. The highest BCUT2D eigenvalue weighted by molar-refractivity contribution is 7.89. The lowest BCUT2D eigenvalue weighted by atomic mass is 10.2. The number of anilines is 1. The number of nitrogens with one attached hydrogen (secondary N) is 2. The van der Waals surface area contributed by atoms with Crippen molar-refractivity contribution in [2.45, 2.75) is 4.90 Å². The van der Waals surface area contributed by atoms with Gasteiger partial charge in [-0.3, -0.25) is 4.79 Å². The smallest absolute Gasteiger partial charge is 0.241 e.